The molecule has 2 saturated carbocycles. The Kier molecular flexibility index (Phi) is 3.43. The summed E-state index contributed by atoms with van der Waals surface area (Å²) in [6.07, 6.45) is 4.93. The first-order chi connectivity index (χ1) is 10.3. The molecule has 2 aliphatic rings. The molecular weight excluding hydrogens is 286 g/mol. The minimum absolute atomic E-state index is 0.352. The summed E-state index contributed by atoms with van der Waals surface area (Å²) in [5.74, 6) is 2.79. The third kappa shape index (κ3) is 3.11. The average molecular weight is 304 g/mol. The zero-order valence-corrected chi connectivity index (χ0v) is 12.5. The number of nitrogens with zero attached hydrogens (tertiary/aromatic N) is 2. The Hall–Kier alpha value is -1.39. The molecule has 0 radical (unpaired) electrons. The van der Waals surface area contributed by atoms with Crippen molar-refractivity contribution in [1.82, 2.24) is 15.5 Å². The highest BCUT2D eigenvalue weighted by molar-refractivity contribution is 6.30. The van der Waals surface area contributed by atoms with Crippen molar-refractivity contribution < 1.29 is 4.52 Å². The maximum absolute atomic E-state index is 5.97. The van der Waals surface area contributed by atoms with Gasteiger partial charge in [-0.1, -0.05) is 28.9 Å². The highest BCUT2D eigenvalue weighted by Gasteiger charge is 2.33. The van der Waals surface area contributed by atoms with Crippen LogP contribution in [-0.4, -0.2) is 10.1 Å². The molecular formula is C16H18ClN3O. The van der Waals surface area contributed by atoms with Crippen LogP contribution in [0.25, 0.3) is 0 Å². The normalized spacial score (nSPS) is 19.7. The molecule has 21 heavy (non-hydrogen) atoms. The third-order valence-corrected chi connectivity index (χ3v) is 4.46. The van der Waals surface area contributed by atoms with Crippen LogP contribution in [0.3, 0.4) is 0 Å². The summed E-state index contributed by atoms with van der Waals surface area (Å²) in [5, 5.41) is 8.42. The van der Waals surface area contributed by atoms with Gasteiger partial charge in [-0.3, -0.25) is 0 Å². The second kappa shape index (κ2) is 5.43. The quantitative estimate of drug-likeness (QED) is 0.881. The van der Waals surface area contributed by atoms with Gasteiger partial charge in [-0.15, -0.1) is 0 Å². The van der Waals surface area contributed by atoms with Gasteiger partial charge >= 0.3 is 0 Å². The average Bonchev–Trinajstić information content (AvgIpc) is 3.41. The highest BCUT2D eigenvalue weighted by Crippen LogP contribution is 2.41. The molecule has 1 heterocycles. The van der Waals surface area contributed by atoms with Gasteiger partial charge in [0.15, 0.2) is 5.82 Å². The van der Waals surface area contributed by atoms with Crippen LogP contribution in [0.15, 0.2) is 28.8 Å². The molecule has 2 fully saturated rings. The SMILES string of the molecule is Clc1ccc([C@@H](NCc2noc(C3CC3)n2)C2CC2)cc1. The van der Waals surface area contributed by atoms with E-state index in [4.69, 9.17) is 16.1 Å². The molecule has 4 nitrogen and oxygen atoms in total. The smallest absolute Gasteiger partial charge is 0.229 e. The van der Waals surface area contributed by atoms with Gasteiger partial charge in [0.2, 0.25) is 5.89 Å². The van der Waals surface area contributed by atoms with Gasteiger partial charge in [-0.25, -0.2) is 0 Å². The van der Waals surface area contributed by atoms with Crippen LogP contribution in [0.1, 0.15) is 54.9 Å². The number of nitrogens with one attached hydrogen (secondary N) is 1. The van der Waals surface area contributed by atoms with E-state index in [-0.39, 0.29) is 0 Å². The van der Waals surface area contributed by atoms with E-state index in [1.165, 1.54) is 31.2 Å². The molecule has 1 N–H and O–H groups in total. The lowest BCUT2D eigenvalue weighted by Crippen LogP contribution is -2.23. The van der Waals surface area contributed by atoms with Crippen molar-refractivity contribution in [3.63, 3.8) is 0 Å². The van der Waals surface area contributed by atoms with Gasteiger partial charge in [-0.2, -0.15) is 4.98 Å². The molecule has 1 aromatic heterocycles. The standard InChI is InChI=1S/C16H18ClN3O/c17-13-7-5-11(6-8-13)15(10-1-2-10)18-9-14-19-16(21-20-14)12-3-4-12/h5-8,10,12,15,18H,1-4,9H2/t15-/m0/s1. The fourth-order valence-corrected chi connectivity index (χ4v) is 2.82. The summed E-state index contributed by atoms with van der Waals surface area (Å²) >= 11 is 5.97. The van der Waals surface area contributed by atoms with Crippen molar-refractivity contribution >= 4 is 11.6 Å². The van der Waals surface area contributed by atoms with Crippen molar-refractivity contribution in [2.75, 3.05) is 0 Å². The second-order valence-electron chi connectivity index (χ2n) is 6.07. The predicted molar refractivity (Wildman–Crippen MR) is 80.0 cm³/mol. The Morgan fingerprint density at radius 2 is 1.95 bits per heavy atom. The van der Waals surface area contributed by atoms with Crippen molar-refractivity contribution in [2.45, 2.75) is 44.2 Å². The molecule has 110 valence electrons. The van der Waals surface area contributed by atoms with Crippen molar-refractivity contribution in [2.24, 2.45) is 5.92 Å². The molecule has 2 aliphatic carbocycles. The summed E-state index contributed by atoms with van der Waals surface area (Å²) in [5.41, 5.74) is 1.29. The Morgan fingerprint density at radius 3 is 2.62 bits per heavy atom. The van der Waals surface area contributed by atoms with Gasteiger partial charge in [0.05, 0.1) is 6.54 Å². The van der Waals surface area contributed by atoms with E-state index in [2.05, 4.69) is 27.6 Å². The fraction of sp³-hybridized carbons (Fsp3) is 0.500. The first-order valence-corrected chi connectivity index (χ1v) is 7.99. The van der Waals surface area contributed by atoms with E-state index in [1.807, 2.05) is 12.1 Å². The molecule has 0 aliphatic heterocycles. The monoisotopic (exact) mass is 303 g/mol. The Balaban J connectivity index is 1.43. The molecule has 1 atom stereocenters. The molecule has 0 bridgehead atoms. The van der Waals surface area contributed by atoms with Crippen LogP contribution in [0.4, 0.5) is 0 Å². The minimum Gasteiger partial charge on any atom is -0.339 e. The lowest BCUT2D eigenvalue weighted by Gasteiger charge is -2.17. The topological polar surface area (TPSA) is 51.0 Å². The number of hydrogen-bond acceptors (Lipinski definition) is 4. The lowest BCUT2D eigenvalue weighted by molar-refractivity contribution is 0.369. The van der Waals surface area contributed by atoms with Crippen LogP contribution in [-0.2, 0) is 6.54 Å². The zero-order chi connectivity index (χ0) is 14.2. The van der Waals surface area contributed by atoms with E-state index < -0.39 is 0 Å². The Morgan fingerprint density at radius 1 is 1.19 bits per heavy atom. The van der Waals surface area contributed by atoms with E-state index in [9.17, 15) is 0 Å². The molecule has 0 saturated heterocycles. The van der Waals surface area contributed by atoms with Crippen LogP contribution < -0.4 is 5.32 Å². The second-order valence-corrected chi connectivity index (χ2v) is 6.51. The lowest BCUT2D eigenvalue weighted by atomic mass is 10.0. The number of benzene rings is 1. The maximum Gasteiger partial charge on any atom is 0.229 e. The van der Waals surface area contributed by atoms with E-state index in [1.54, 1.807) is 0 Å². The largest absolute Gasteiger partial charge is 0.339 e. The number of aromatic nitrogens is 2. The summed E-state index contributed by atoms with van der Waals surface area (Å²) in [7, 11) is 0. The van der Waals surface area contributed by atoms with Crippen molar-refractivity contribution in [1.29, 1.82) is 0 Å². The van der Waals surface area contributed by atoms with Crippen molar-refractivity contribution in [3.8, 4) is 0 Å². The highest BCUT2D eigenvalue weighted by atomic mass is 35.5. The first-order valence-electron chi connectivity index (χ1n) is 7.61. The van der Waals surface area contributed by atoms with Crippen LogP contribution in [0, 0.1) is 5.92 Å². The van der Waals surface area contributed by atoms with E-state index in [0.29, 0.717) is 24.4 Å². The fourth-order valence-electron chi connectivity index (χ4n) is 2.69. The maximum atomic E-state index is 5.97. The summed E-state index contributed by atoms with van der Waals surface area (Å²) in [6.45, 7) is 0.653. The summed E-state index contributed by atoms with van der Waals surface area (Å²) < 4.78 is 5.30. The van der Waals surface area contributed by atoms with Crippen LogP contribution in [0.2, 0.25) is 5.02 Å². The molecule has 1 aromatic carbocycles. The summed E-state index contributed by atoms with van der Waals surface area (Å²) in [6, 6.07) is 8.46. The molecule has 0 unspecified atom stereocenters. The Bertz CT molecular complexity index is 617. The van der Waals surface area contributed by atoms with E-state index >= 15 is 0 Å². The molecule has 4 rings (SSSR count). The molecule has 0 spiro atoms. The van der Waals surface area contributed by atoms with Gasteiger partial charge < -0.3 is 9.84 Å². The van der Waals surface area contributed by atoms with Gasteiger partial charge in [0, 0.05) is 17.0 Å². The molecule has 5 heteroatoms. The Labute approximate surface area is 128 Å². The minimum atomic E-state index is 0.352. The van der Waals surface area contributed by atoms with E-state index in [0.717, 1.165) is 16.7 Å². The first kappa shape index (κ1) is 13.3. The van der Waals surface area contributed by atoms with Gasteiger partial charge in [-0.05, 0) is 49.3 Å². The predicted octanol–water partition coefficient (Wildman–Crippen LogP) is 3.84. The van der Waals surface area contributed by atoms with Crippen LogP contribution >= 0.6 is 11.6 Å². The third-order valence-electron chi connectivity index (χ3n) is 4.21. The number of halogens is 1. The van der Waals surface area contributed by atoms with Crippen molar-refractivity contribution in [3.05, 3.63) is 46.6 Å². The van der Waals surface area contributed by atoms with Gasteiger partial charge in [0.25, 0.3) is 0 Å². The summed E-state index contributed by atoms with van der Waals surface area (Å²) in [4.78, 5) is 4.47. The van der Waals surface area contributed by atoms with Gasteiger partial charge in [0.1, 0.15) is 0 Å². The number of hydrogen-bond donors (Lipinski definition) is 1. The zero-order valence-electron chi connectivity index (χ0n) is 11.8. The van der Waals surface area contributed by atoms with Crippen LogP contribution in [0.5, 0.6) is 0 Å². The number of rotatable bonds is 6. The molecule has 2 aromatic rings. The molecule has 0 amide bonds.